The van der Waals surface area contributed by atoms with Gasteiger partial charge in [-0.1, -0.05) is 12.2 Å². The van der Waals surface area contributed by atoms with Crippen LogP contribution in [-0.2, 0) is 14.3 Å². The number of anilines is 1. The van der Waals surface area contributed by atoms with E-state index in [4.69, 9.17) is 4.74 Å². The van der Waals surface area contributed by atoms with Crippen molar-refractivity contribution in [2.24, 2.45) is 11.8 Å². The molecule has 4 unspecified atom stereocenters. The lowest BCUT2D eigenvalue weighted by Crippen LogP contribution is -2.39. The van der Waals surface area contributed by atoms with Gasteiger partial charge >= 0.3 is 5.97 Å². The van der Waals surface area contributed by atoms with Crippen molar-refractivity contribution in [1.29, 1.82) is 0 Å². The second-order valence-corrected chi connectivity index (χ2v) is 4.57. The van der Waals surface area contributed by atoms with Gasteiger partial charge in [0.15, 0.2) is 0 Å². The lowest BCUT2D eigenvalue weighted by molar-refractivity contribution is -0.145. The molecule has 0 saturated carbocycles. The number of hydrogen-bond donors (Lipinski definition) is 2. The number of carboxylic acid groups (broad SMARTS) is 1. The highest BCUT2D eigenvalue weighted by Crippen LogP contribution is 2.39. The van der Waals surface area contributed by atoms with E-state index in [1.165, 1.54) is 6.20 Å². The van der Waals surface area contributed by atoms with Crippen molar-refractivity contribution in [2.75, 3.05) is 5.32 Å². The summed E-state index contributed by atoms with van der Waals surface area (Å²) >= 11 is 0. The molecule has 1 fully saturated rings. The number of amides is 1. The quantitative estimate of drug-likeness (QED) is 0.780. The molecular weight excluding hydrogens is 248 g/mol. The zero-order valence-electron chi connectivity index (χ0n) is 9.89. The number of carboxylic acids is 1. The summed E-state index contributed by atoms with van der Waals surface area (Å²) in [5, 5.41) is 11.9. The number of aromatic nitrogens is 1. The average Bonchev–Trinajstić information content (AvgIpc) is 2.99. The van der Waals surface area contributed by atoms with Gasteiger partial charge in [0.1, 0.15) is 5.92 Å². The number of nitrogens with zero attached hydrogens (tertiary/aromatic N) is 1. The first-order chi connectivity index (χ1) is 9.16. The predicted molar refractivity (Wildman–Crippen MR) is 65.3 cm³/mol. The van der Waals surface area contributed by atoms with Crippen LogP contribution in [0.4, 0.5) is 5.69 Å². The minimum atomic E-state index is -1.01. The smallest absolute Gasteiger partial charge is 0.310 e. The van der Waals surface area contributed by atoms with Crippen molar-refractivity contribution in [1.82, 2.24) is 4.98 Å². The fourth-order valence-electron chi connectivity index (χ4n) is 2.58. The molecule has 19 heavy (non-hydrogen) atoms. The molecule has 0 spiro atoms. The Morgan fingerprint density at radius 3 is 2.63 bits per heavy atom. The second kappa shape index (κ2) is 4.47. The van der Waals surface area contributed by atoms with Crippen molar-refractivity contribution in [3.63, 3.8) is 0 Å². The second-order valence-electron chi connectivity index (χ2n) is 4.57. The largest absolute Gasteiger partial charge is 0.481 e. The summed E-state index contributed by atoms with van der Waals surface area (Å²) in [7, 11) is 0. The third-order valence-corrected chi connectivity index (χ3v) is 3.42. The average molecular weight is 260 g/mol. The van der Waals surface area contributed by atoms with Crippen LogP contribution in [0, 0.1) is 11.8 Å². The maximum atomic E-state index is 12.2. The normalized spacial score (nSPS) is 31.4. The molecule has 0 radical (unpaired) electrons. The number of hydrogen-bond acceptors (Lipinski definition) is 4. The molecule has 6 nitrogen and oxygen atoms in total. The van der Waals surface area contributed by atoms with Gasteiger partial charge in [0.2, 0.25) is 5.91 Å². The van der Waals surface area contributed by atoms with E-state index in [0.717, 1.165) is 0 Å². The van der Waals surface area contributed by atoms with Crippen molar-refractivity contribution in [3.8, 4) is 0 Å². The Morgan fingerprint density at radius 2 is 2.00 bits per heavy atom. The van der Waals surface area contributed by atoms with E-state index in [0.29, 0.717) is 5.69 Å². The van der Waals surface area contributed by atoms with E-state index < -0.39 is 30.0 Å². The van der Waals surface area contributed by atoms with Crippen LogP contribution in [0.1, 0.15) is 0 Å². The molecule has 6 heteroatoms. The highest BCUT2D eigenvalue weighted by Gasteiger charge is 2.53. The number of carbonyl (C=O) groups excluding carboxylic acids is 1. The molecule has 2 bridgehead atoms. The van der Waals surface area contributed by atoms with Crippen molar-refractivity contribution >= 4 is 17.6 Å². The number of carbonyl (C=O) groups is 2. The standard InChI is InChI=1S/C13H12N2O4/c16-12(15-7-2-1-5-14-6-7)10-8-3-4-9(19-8)11(10)13(17)18/h1-6,8-11H,(H,15,16)(H,17,18). The van der Waals surface area contributed by atoms with Gasteiger partial charge in [0.05, 0.1) is 30.0 Å². The molecule has 3 rings (SSSR count). The Balaban J connectivity index is 1.79. The summed E-state index contributed by atoms with van der Waals surface area (Å²) in [6, 6.07) is 3.39. The van der Waals surface area contributed by atoms with Crippen molar-refractivity contribution in [2.45, 2.75) is 12.2 Å². The fourth-order valence-corrected chi connectivity index (χ4v) is 2.58. The molecule has 0 aliphatic carbocycles. The topological polar surface area (TPSA) is 88.5 Å². The van der Waals surface area contributed by atoms with Crippen LogP contribution in [0.3, 0.4) is 0 Å². The van der Waals surface area contributed by atoms with Gasteiger partial charge in [-0.2, -0.15) is 0 Å². The Kier molecular flexibility index (Phi) is 2.79. The van der Waals surface area contributed by atoms with Crippen LogP contribution < -0.4 is 5.32 Å². The Labute approximate surface area is 109 Å². The zero-order chi connectivity index (χ0) is 13.4. The van der Waals surface area contributed by atoms with Crippen LogP contribution in [0.25, 0.3) is 0 Å². The number of nitrogens with one attached hydrogen (secondary N) is 1. The van der Waals surface area contributed by atoms with Gasteiger partial charge in [-0.15, -0.1) is 0 Å². The molecule has 3 heterocycles. The van der Waals surface area contributed by atoms with Gasteiger partial charge in [0, 0.05) is 6.20 Å². The molecule has 1 amide bonds. The van der Waals surface area contributed by atoms with E-state index in [1.54, 1.807) is 30.5 Å². The molecule has 4 atom stereocenters. The minimum absolute atomic E-state index is 0.350. The summed E-state index contributed by atoms with van der Waals surface area (Å²) in [6.45, 7) is 0. The number of fused-ring (bicyclic) bond motifs is 2. The number of rotatable bonds is 3. The first-order valence-electron chi connectivity index (χ1n) is 5.94. The van der Waals surface area contributed by atoms with Crippen LogP contribution in [0.15, 0.2) is 36.7 Å². The predicted octanol–water partition coefficient (Wildman–Crippen LogP) is 0.674. The molecule has 0 aromatic carbocycles. The van der Waals surface area contributed by atoms with Crippen molar-refractivity contribution < 1.29 is 19.4 Å². The first kappa shape index (κ1) is 11.9. The van der Waals surface area contributed by atoms with E-state index in [2.05, 4.69) is 10.3 Å². The Bertz CT molecular complexity index is 543. The summed E-state index contributed by atoms with van der Waals surface area (Å²) in [4.78, 5) is 27.3. The van der Waals surface area contributed by atoms with Gasteiger partial charge in [-0.05, 0) is 12.1 Å². The molecule has 1 aromatic rings. The monoisotopic (exact) mass is 260 g/mol. The van der Waals surface area contributed by atoms with Gasteiger partial charge in [-0.25, -0.2) is 0 Å². The fraction of sp³-hybridized carbons (Fsp3) is 0.308. The highest BCUT2D eigenvalue weighted by atomic mass is 16.5. The number of aliphatic carboxylic acids is 1. The lowest BCUT2D eigenvalue weighted by atomic mass is 9.82. The molecule has 2 aliphatic heterocycles. The van der Waals surface area contributed by atoms with Crippen LogP contribution in [-0.4, -0.2) is 34.2 Å². The van der Waals surface area contributed by atoms with Crippen LogP contribution >= 0.6 is 0 Å². The van der Waals surface area contributed by atoms with E-state index >= 15 is 0 Å². The Hall–Kier alpha value is -2.21. The molecule has 98 valence electrons. The summed E-state index contributed by atoms with van der Waals surface area (Å²) in [6.07, 6.45) is 5.60. The van der Waals surface area contributed by atoms with Crippen molar-refractivity contribution in [3.05, 3.63) is 36.7 Å². The molecule has 1 aromatic heterocycles. The van der Waals surface area contributed by atoms with Gasteiger partial charge in [0.25, 0.3) is 0 Å². The van der Waals surface area contributed by atoms with E-state index in [-0.39, 0.29) is 5.91 Å². The molecule has 2 N–H and O–H groups in total. The summed E-state index contributed by atoms with van der Waals surface area (Å²) in [5.41, 5.74) is 0.545. The highest BCUT2D eigenvalue weighted by molar-refractivity contribution is 5.96. The molecule has 1 saturated heterocycles. The first-order valence-corrected chi connectivity index (χ1v) is 5.94. The maximum absolute atomic E-state index is 12.2. The van der Waals surface area contributed by atoms with Crippen LogP contribution in [0.5, 0.6) is 0 Å². The Morgan fingerprint density at radius 1 is 1.26 bits per heavy atom. The SMILES string of the molecule is O=C(O)C1C2C=CC(O2)C1C(=O)Nc1cccnc1. The number of ether oxygens (including phenoxy) is 1. The molecule has 2 aliphatic rings. The zero-order valence-corrected chi connectivity index (χ0v) is 9.89. The lowest BCUT2D eigenvalue weighted by Gasteiger charge is -2.20. The maximum Gasteiger partial charge on any atom is 0.310 e. The molecular formula is C13H12N2O4. The minimum Gasteiger partial charge on any atom is -0.481 e. The van der Waals surface area contributed by atoms with Gasteiger partial charge < -0.3 is 15.2 Å². The van der Waals surface area contributed by atoms with E-state index in [9.17, 15) is 14.7 Å². The summed E-state index contributed by atoms with van der Waals surface area (Å²) < 4.78 is 5.45. The third-order valence-electron chi connectivity index (χ3n) is 3.42. The summed E-state index contributed by atoms with van der Waals surface area (Å²) in [5.74, 6) is -2.89. The van der Waals surface area contributed by atoms with Crippen LogP contribution in [0.2, 0.25) is 0 Å². The third kappa shape index (κ3) is 2.00. The van der Waals surface area contributed by atoms with Gasteiger partial charge in [-0.3, -0.25) is 14.6 Å². The number of pyridine rings is 1. The van der Waals surface area contributed by atoms with E-state index in [1.807, 2.05) is 0 Å².